The molecule has 0 aliphatic carbocycles. The van der Waals surface area contributed by atoms with Gasteiger partial charge in [-0.05, 0) is 56.3 Å². The molecule has 6 nitrogen and oxygen atoms in total. The second kappa shape index (κ2) is 8.70. The van der Waals surface area contributed by atoms with Crippen LogP contribution in [0.2, 0.25) is 5.02 Å². The van der Waals surface area contributed by atoms with Crippen LogP contribution in [0, 0.1) is 5.92 Å². The van der Waals surface area contributed by atoms with Crippen LogP contribution in [-0.2, 0) is 9.59 Å². The molecule has 0 bridgehead atoms. The van der Waals surface area contributed by atoms with E-state index in [1.807, 2.05) is 0 Å². The summed E-state index contributed by atoms with van der Waals surface area (Å²) in [5, 5.41) is 3.11. The van der Waals surface area contributed by atoms with Gasteiger partial charge in [0, 0.05) is 17.8 Å². The Bertz CT molecular complexity index is 734. The molecule has 0 aromatic heterocycles. The van der Waals surface area contributed by atoms with Crippen LogP contribution < -0.4 is 10.2 Å². The lowest BCUT2D eigenvalue weighted by Crippen LogP contribution is -2.58. The monoisotopic (exact) mass is 392 g/mol. The molecule has 2 aliphatic heterocycles. The average molecular weight is 393 g/mol. The third kappa shape index (κ3) is 4.47. The van der Waals surface area contributed by atoms with Gasteiger partial charge in [-0.15, -0.1) is 0 Å². The minimum absolute atomic E-state index is 0.0558. The van der Waals surface area contributed by atoms with E-state index in [1.54, 1.807) is 24.3 Å². The van der Waals surface area contributed by atoms with Gasteiger partial charge in [-0.3, -0.25) is 19.5 Å². The Kier molecular flexibility index (Phi) is 6.34. The first-order valence-electron chi connectivity index (χ1n) is 8.73. The predicted molar refractivity (Wildman–Crippen MR) is 107 cm³/mol. The second-order valence-corrected chi connectivity index (χ2v) is 7.21. The van der Waals surface area contributed by atoms with Crippen LogP contribution in [0.4, 0.5) is 5.69 Å². The van der Waals surface area contributed by atoms with Gasteiger partial charge in [0.05, 0.1) is 12.2 Å². The van der Waals surface area contributed by atoms with Crippen LogP contribution >= 0.6 is 23.8 Å². The summed E-state index contributed by atoms with van der Waals surface area (Å²) in [5.41, 5.74) is 0.527. The summed E-state index contributed by atoms with van der Waals surface area (Å²) in [5.74, 6) is -1.84. The number of rotatable bonds is 5. The van der Waals surface area contributed by atoms with E-state index >= 15 is 0 Å². The molecule has 2 amide bonds. The molecular weight excluding hydrogens is 372 g/mol. The van der Waals surface area contributed by atoms with Crippen molar-refractivity contribution in [3.05, 3.63) is 29.3 Å². The SMILES string of the molecule is O=C1NC(=S)N(c2cccc(Cl)c2)C(=O)[C@H]1C=NCCN1CCCCC1. The van der Waals surface area contributed by atoms with Gasteiger partial charge in [-0.1, -0.05) is 24.1 Å². The van der Waals surface area contributed by atoms with Crippen LogP contribution in [0.5, 0.6) is 0 Å². The van der Waals surface area contributed by atoms with E-state index in [4.69, 9.17) is 23.8 Å². The van der Waals surface area contributed by atoms with Gasteiger partial charge in [0.2, 0.25) is 5.91 Å². The van der Waals surface area contributed by atoms with Crippen LogP contribution in [0.3, 0.4) is 0 Å². The third-order valence-corrected chi connectivity index (χ3v) is 5.04. The minimum atomic E-state index is -0.984. The molecule has 2 aliphatic rings. The Hall–Kier alpha value is -1.83. The van der Waals surface area contributed by atoms with Crippen LogP contribution in [0.1, 0.15) is 19.3 Å². The van der Waals surface area contributed by atoms with Crippen LogP contribution in [0.25, 0.3) is 0 Å². The molecule has 138 valence electrons. The quantitative estimate of drug-likeness (QED) is 0.474. The number of nitrogens with zero attached hydrogens (tertiary/aromatic N) is 3. The predicted octanol–water partition coefficient (Wildman–Crippen LogP) is 2.26. The lowest BCUT2D eigenvalue weighted by molar-refractivity contribution is -0.130. The van der Waals surface area contributed by atoms with E-state index in [2.05, 4.69) is 15.2 Å². The fraction of sp³-hybridized carbons (Fsp3) is 0.444. The highest BCUT2D eigenvalue weighted by Crippen LogP contribution is 2.23. The van der Waals surface area contributed by atoms with Crippen molar-refractivity contribution in [2.45, 2.75) is 19.3 Å². The van der Waals surface area contributed by atoms with E-state index in [1.165, 1.54) is 30.4 Å². The van der Waals surface area contributed by atoms with Crippen molar-refractivity contribution in [3.63, 3.8) is 0 Å². The van der Waals surface area contributed by atoms with E-state index in [9.17, 15) is 9.59 Å². The van der Waals surface area contributed by atoms with E-state index in [-0.39, 0.29) is 5.11 Å². The summed E-state index contributed by atoms with van der Waals surface area (Å²) in [6.45, 7) is 3.60. The molecule has 26 heavy (non-hydrogen) atoms. The normalized spacial score (nSPS) is 22.1. The topological polar surface area (TPSA) is 65.0 Å². The van der Waals surface area contributed by atoms with Gasteiger partial charge in [-0.25, -0.2) is 0 Å². The summed E-state index contributed by atoms with van der Waals surface area (Å²) in [6.07, 6.45) is 5.16. The molecule has 2 saturated heterocycles. The van der Waals surface area contributed by atoms with Crippen LogP contribution in [0.15, 0.2) is 29.3 Å². The number of likely N-dealkylation sites (tertiary alicyclic amines) is 1. The summed E-state index contributed by atoms with van der Waals surface area (Å²) in [6, 6.07) is 6.79. The lowest BCUT2D eigenvalue weighted by Gasteiger charge is -2.31. The molecule has 0 radical (unpaired) electrons. The van der Waals surface area contributed by atoms with Crippen molar-refractivity contribution in [1.82, 2.24) is 10.2 Å². The largest absolute Gasteiger partial charge is 0.302 e. The fourth-order valence-electron chi connectivity index (χ4n) is 3.14. The summed E-state index contributed by atoms with van der Waals surface area (Å²) in [7, 11) is 0. The van der Waals surface area contributed by atoms with Crippen molar-refractivity contribution < 1.29 is 9.59 Å². The fourth-order valence-corrected chi connectivity index (χ4v) is 3.62. The molecule has 1 N–H and O–H groups in total. The molecule has 1 aromatic carbocycles. The summed E-state index contributed by atoms with van der Waals surface area (Å²) < 4.78 is 0. The number of hydrogen-bond acceptors (Lipinski definition) is 5. The number of carbonyl (C=O) groups excluding carboxylic acids is 2. The highest BCUT2D eigenvalue weighted by atomic mass is 35.5. The van der Waals surface area contributed by atoms with Crippen molar-refractivity contribution >= 4 is 52.6 Å². The zero-order valence-corrected chi connectivity index (χ0v) is 15.9. The maximum Gasteiger partial charge on any atom is 0.251 e. The summed E-state index contributed by atoms with van der Waals surface area (Å²) in [4.78, 5) is 32.9. The van der Waals surface area contributed by atoms with Gasteiger partial charge in [-0.2, -0.15) is 0 Å². The Morgan fingerprint density at radius 1 is 1.27 bits per heavy atom. The molecule has 0 spiro atoms. The first kappa shape index (κ1) is 18.9. The molecule has 0 saturated carbocycles. The van der Waals surface area contributed by atoms with Gasteiger partial charge < -0.3 is 10.2 Å². The maximum absolute atomic E-state index is 12.8. The molecule has 0 unspecified atom stereocenters. The first-order valence-corrected chi connectivity index (χ1v) is 9.51. The number of carbonyl (C=O) groups is 2. The minimum Gasteiger partial charge on any atom is -0.302 e. The number of hydrogen-bond donors (Lipinski definition) is 1. The van der Waals surface area contributed by atoms with E-state index < -0.39 is 17.7 Å². The Labute approximate surface area is 163 Å². The average Bonchev–Trinajstić information content (AvgIpc) is 2.61. The Morgan fingerprint density at radius 2 is 2.04 bits per heavy atom. The second-order valence-electron chi connectivity index (χ2n) is 6.38. The van der Waals surface area contributed by atoms with E-state index in [0.29, 0.717) is 17.3 Å². The molecule has 1 atom stereocenters. The highest BCUT2D eigenvalue weighted by molar-refractivity contribution is 7.80. The Balaban J connectivity index is 1.66. The number of anilines is 1. The zero-order chi connectivity index (χ0) is 18.5. The molecule has 2 heterocycles. The lowest BCUT2D eigenvalue weighted by atomic mass is 10.1. The summed E-state index contributed by atoms with van der Waals surface area (Å²) >= 11 is 11.2. The Morgan fingerprint density at radius 3 is 2.77 bits per heavy atom. The first-order chi connectivity index (χ1) is 12.6. The molecule has 2 fully saturated rings. The van der Waals surface area contributed by atoms with Gasteiger partial charge in [0.15, 0.2) is 11.0 Å². The standard InChI is InChI=1S/C18H21ClN4O2S/c19-13-5-4-6-14(11-13)23-17(25)15(16(24)21-18(23)26)12-20-7-10-22-8-2-1-3-9-22/h4-6,11-12,15H,1-3,7-10H2,(H,21,24,26)/t15-/m0/s1. The number of aliphatic imine (C=N–C) groups is 1. The van der Waals surface area contributed by atoms with Crippen molar-refractivity contribution in [1.29, 1.82) is 0 Å². The smallest absolute Gasteiger partial charge is 0.251 e. The van der Waals surface area contributed by atoms with Gasteiger partial charge in [0.1, 0.15) is 0 Å². The number of piperidine rings is 1. The number of amides is 2. The van der Waals surface area contributed by atoms with Crippen LogP contribution in [-0.4, -0.2) is 54.2 Å². The third-order valence-electron chi connectivity index (χ3n) is 4.52. The number of benzene rings is 1. The van der Waals surface area contributed by atoms with E-state index in [0.717, 1.165) is 19.6 Å². The molecule has 1 aromatic rings. The molecule has 8 heteroatoms. The van der Waals surface area contributed by atoms with Gasteiger partial charge in [0.25, 0.3) is 5.91 Å². The molecule has 3 rings (SSSR count). The highest BCUT2D eigenvalue weighted by Gasteiger charge is 2.38. The van der Waals surface area contributed by atoms with Gasteiger partial charge >= 0.3 is 0 Å². The van der Waals surface area contributed by atoms with Crippen molar-refractivity contribution in [2.24, 2.45) is 10.9 Å². The number of halogens is 1. The number of nitrogens with one attached hydrogen (secondary N) is 1. The maximum atomic E-state index is 12.8. The molecular formula is C18H21ClN4O2S. The number of thiocarbonyl (C=S) groups is 1. The zero-order valence-electron chi connectivity index (χ0n) is 14.4. The van der Waals surface area contributed by atoms with Crippen molar-refractivity contribution in [3.8, 4) is 0 Å². The van der Waals surface area contributed by atoms with Crippen molar-refractivity contribution in [2.75, 3.05) is 31.1 Å².